The van der Waals surface area contributed by atoms with Crippen molar-refractivity contribution in [2.45, 2.75) is 25.8 Å². The number of thiophene rings is 1. The number of urea groups is 1. The van der Waals surface area contributed by atoms with Crippen LogP contribution in [0.15, 0.2) is 40.8 Å². The summed E-state index contributed by atoms with van der Waals surface area (Å²) >= 11 is 1.58. The molecule has 1 aliphatic heterocycles. The van der Waals surface area contributed by atoms with Gasteiger partial charge in [-0.3, -0.25) is 4.79 Å². The van der Waals surface area contributed by atoms with Crippen LogP contribution in [0.4, 0.5) is 4.79 Å². The van der Waals surface area contributed by atoms with Crippen LogP contribution in [0.2, 0.25) is 0 Å². The average Bonchev–Trinajstić information content (AvgIpc) is 3.46. The zero-order valence-electron chi connectivity index (χ0n) is 18.3. The first kappa shape index (κ1) is 22.6. The number of methoxy groups -OCH3 is 2. The number of nitrogens with one attached hydrogen (secondary N) is 1. The van der Waals surface area contributed by atoms with Gasteiger partial charge in [0.2, 0.25) is 0 Å². The minimum Gasteiger partial charge on any atom is -0.497 e. The topological polar surface area (TPSA) is 83.5 Å². The number of hydrazone groups is 1. The molecule has 1 aromatic heterocycles. The summed E-state index contributed by atoms with van der Waals surface area (Å²) in [6.07, 6.45) is 1.37. The highest BCUT2D eigenvalue weighted by Crippen LogP contribution is 2.39. The van der Waals surface area contributed by atoms with E-state index >= 15 is 0 Å². The molecule has 166 valence electrons. The van der Waals surface area contributed by atoms with Crippen molar-refractivity contribution < 1.29 is 19.1 Å². The predicted molar refractivity (Wildman–Crippen MR) is 121 cm³/mol. The molecule has 2 aromatic rings. The highest BCUT2D eigenvalue weighted by atomic mass is 32.1. The number of hydrogen-bond donors (Lipinski definition) is 1. The molecule has 9 heteroatoms. The van der Waals surface area contributed by atoms with Crippen LogP contribution < -0.4 is 14.8 Å². The van der Waals surface area contributed by atoms with Crippen molar-refractivity contribution in [3.63, 3.8) is 0 Å². The highest BCUT2D eigenvalue weighted by molar-refractivity contribution is 7.12. The van der Waals surface area contributed by atoms with Crippen LogP contribution >= 0.6 is 11.3 Å². The second-order valence-corrected chi connectivity index (χ2v) is 8.13. The quantitative estimate of drug-likeness (QED) is 0.676. The van der Waals surface area contributed by atoms with E-state index in [4.69, 9.17) is 9.47 Å². The molecule has 0 unspecified atom stereocenters. The summed E-state index contributed by atoms with van der Waals surface area (Å²) in [6, 6.07) is 8.81. The lowest BCUT2D eigenvalue weighted by atomic mass is 9.99. The third-order valence-electron chi connectivity index (χ3n) is 5.01. The Hall–Kier alpha value is -3.07. The van der Waals surface area contributed by atoms with Crippen LogP contribution in [-0.2, 0) is 4.79 Å². The molecule has 1 aromatic carbocycles. The Bertz CT molecular complexity index is 945. The van der Waals surface area contributed by atoms with Crippen LogP contribution in [-0.4, -0.2) is 61.9 Å². The monoisotopic (exact) mass is 444 g/mol. The van der Waals surface area contributed by atoms with Gasteiger partial charge in [-0.05, 0) is 36.1 Å². The molecule has 1 N–H and O–H groups in total. The molecule has 31 heavy (non-hydrogen) atoms. The maximum absolute atomic E-state index is 13.2. The lowest BCUT2D eigenvalue weighted by Crippen LogP contribution is -2.43. The van der Waals surface area contributed by atoms with Gasteiger partial charge in [0.25, 0.3) is 5.91 Å². The number of nitrogens with zero attached hydrogens (tertiary/aromatic N) is 3. The predicted octanol–water partition coefficient (Wildman–Crippen LogP) is 3.49. The molecule has 3 amide bonds. The number of hydrogen-bond acceptors (Lipinski definition) is 6. The Morgan fingerprint density at radius 2 is 2.10 bits per heavy atom. The number of carbonyl (C=O) groups excluding carboxylic acids is 2. The van der Waals surface area contributed by atoms with Gasteiger partial charge in [-0.1, -0.05) is 13.0 Å². The Labute approximate surface area is 186 Å². The molecule has 2 heterocycles. The SMILES string of the molecule is CCCNC(=O)N(C)CC(=O)N1N=C(c2cccs2)C[C@H]1c1cc(OC)ccc1OC. The van der Waals surface area contributed by atoms with Gasteiger partial charge in [-0.2, -0.15) is 5.10 Å². The second-order valence-electron chi connectivity index (χ2n) is 7.18. The van der Waals surface area contributed by atoms with E-state index in [1.807, 2.05) is 42.6 Å². The molecule has 0 aliphatic carbocycles. The van der Waals surface area contributed by atoms with E-state index in [9.17, 15) is 9.59 Å². The normalized spacial score (nSPS) is 15.4. The average molecular weight is 445 g/mol. The Balaban J connectivity index is 1.90. The number of likely N-dealkylation sites (N-methyl/N-ethyl adjacent to an activating group) is 1. The Morgan fingerprint density at radius 3 is 2.74 bits per heavy atom. The maximum atomic E-state index is 13.2. The summed E-state index contributed by atoms with van der Waals surface area (Å²) < 4.78 is 10.9. The van der Waals surface area contributed by atoms with Gasteiger partial charge < -0.3 is 19.7 Å². The molecule has 0 saturated heterocycles. The third-order valence-corrected chi connectivity index (χ3v) is 5.93. The van der Waals surface area contributed by atoms with Crippen molar-refractivity contribution in [2.75, 3.05) is 34.4 Å². The molecule has 1 aliphatic rings. The number of rotatable bonds is 8. The van der Waals surface area contributed by atoms with Crippen molar-refractivity contribution >= 4 is 29.0 Å². The van der Waals surface area contributed by atoms with Gasteiger partial charge in [0.05, 0.1) is 30.9 Å². The fourth-order valence-electron chi connectivity index (χ4n) is 3.39. The van der Waals surface area contributed by atoms with Crippen molar-refractivity contribution in [1.29, 1.82) is 0 Å². The van der Waals surface area contributed by atoms with E-state index in [1.54, 1.807) is 32.6 Å². The van der Waals surface area contributed by atoms with E-state index in [-0.39, 0.29) is 24.5 Å². The van der Waals surface area contributed by atoms with Crippen LogP contribution in [0.3, 0.4) is 0 Å². The largest absolute Gasteiger partial charge is 0.497 e. The van der Waals surface area contributed by atoms with Gasteiger partial charge in [-0.25, -0.2) is 9.80 Å². The summed E-state index contributed by atoms with van der Waals surface area (Å²) in [6.45, 7) is 2.45. The molecule has 0 fully saturated rings. The van der Waals surface area contributed by atoms with Gasteiger partial charge >= 0.3 is 6.03 Å². The van der Waals surface area contributed by atoms with E-state index < -0.39 is 0 Å². The zero-order chi connectivity index (χ0) is 22.4. The lowest BCUT2D eigenvalue weighted by molar-refractivity contribution is -0.133. The minimum absolute atomic E-state index is 0.0838. The molecule has 3 rings (SSSR count). The summed E-state index contributed by atoms with van der Waals surface area (Å²) in [5, 5.41) is 10.9. The molecule has 1 atom stereocenters. The number of amides is 3. The first-order chi connectivity index (χ1) is 15.0. The smallest absolute Gasteiger partial charge is 0.317 e. The van der Waals surface area contributed by atoms with E-state index in [0.717, 1.165) is 22.6 Å². The number of benzene rings is 1. The lowest BCUT2D eigenvalue weighted by Gasteiger charge is -2.26. The van der Waals surface area contributed by atoms with Crippen LogP contribution in [0.1, 0.15) is 36.2 Å². The summed E-state index contributed by atoms with van der Waals surface area (Å²) in [5.74, 6) is 1.06. The third kappa shape index (κ3) is 5.16. The van der Waals surface area contributed by atoms with E-state index in [1.165, 1.54) is 9.91 Å². The van der Waals surface area contributed by atoms with Crippen molar-refractivity contribution in [3.05, 3.63) is 46.2 Å². The highest BCUT2D eigenvalue weighted by Gasteiger charge is 2.36. The van der Waals surface area contributed by atoms with E-state index in [0.29, 0.717) is 24.5 Å². The molecule has 0 spiro atoms. The van der Waals surface area contributed by atoms with Crippen molar-refractivity contribution in [2.24, 2.45) is 5.10 Å². The first-order valence-corrected chi connectivity index (χ1v) is 11.0. The zero-order valence-corrected chi connectivity index (χ0v) is 19.1. The molecule has 0 radical (unpaired) electrons. The van der Waals surface area contributed by atoms with Crippen LogP contribution in [0.25, 0.3) is 0 Å². The number of ether oxygens (including phenoxy) is 2. The summed E-state index contributed by atoms with van der Waals surface area (Å²) in [7, 11) is 4.80. The standard InChI is InChI=1S/C22H28N4O4S/c1-5-10-23-22(28)25(2)14-21(27)26-18(13-17(24-26)20-7-6-11-31-20)16-12-15(29-3)8-9-19(16)30-4/h6-9,11-12,18H,5,10,13-14H2,1-4H3,(H,23,28)/t18-/m0/s1. The fraction of sp³-hybridized carbons (Fsp3) is 0.409. The first-order valence-electron chi connectivity index (χ1n) is 10.1. The second kappa shape index (κ2) is 10.3. The minimum atomic E-state index is -0.359. The maximum Gasteiger partial charge on any atom is 0.317 e. The van der Waals surface area contributed by atoms with Crippen molar-refractivity contribution in [1.82, 2.24) is 15.2 Å². The van der Waals surface area contributed by atoms with Crippen molar-refractivity contribution in [3.8, 4) is 11.5 Å². The molecule has 8 nitrogen and oxygen atoms in total. The molecular formula is C22H28N4O4S. The molecule has 0 saturated carbocycles. The van der Waals surface area contributed by atoms with Gasteiger partial charge in [0, 0.05) is 25.6 Å². The summed E-state index contributed by atoms with van der Waals surface area (Å²) in [5.41, 5.74) is 1.64. The fourth-order valence-corrected chi connectivity index (χ4v) is 4.11. The van der Waals surface area contributed by atoms with E-state index in [2.05, 4.69) is 10.4 Å². The van der Waals surface area contributed by atoms with Gasteiger partial charge in [-0.15, -0.1) is 11.3 Å². The van der Waals surface area contributed by atoms with Gasteiger partial charge in [0.1, 0.15) is 18.0 Å². The number of carbonyl (C=O) groups is 2. The molecular weight excluding hydrogens is 416 g/mol. The summed E-state index contributed by atoms with van der Waals surface area (Å²) in [4.78, 5) is 27.8. The Morgan fingerprint density at radius 1 is 1.29 bits per heavy atom. The van der Waals surface area contributed by atoms with Crippen LogP contribution in [0.5, 0.6) is 11.5 Å². The molecule has 0 bridgehead atoms. The van der Waals surface area contributed by atoms with Gasteiger partial charge in [0.15, 0.2) is 0 Å². The van der Waals surface area contributed by atoms with Crippen LogP contribution in [0, 0.1) is 0 Å². The Kier molecular flexibility index (Phi) is 7.51.